The van der Waals surface area contributed by atoms with Crippen LogP contribution in [0, 0.1) is 5.92 Å². The summed E-state index contributed by atoms with van der Waals surface area (Å²) in [6, 6.07) is 0. The van der Waals surface area contributed by atoms with E-state index in [9.17, 15) is 18.0 Å². The van der Waals surface area contributed by atoms with Gasteiger partial charge in [0, 0.05) is 32.1 Å². The lowest BCUT2D eigenvalue weighted by Gasteiger charge is -2.29. The normalized spacial score (nSPS) is 19.5. The minimum atomic E-state index is -3.21. The lowest BCUT2D eigenvalue weighted by Crippen LogP contribution is -2.41. The van der Waals surface area contributed by atoms with Crippen LogP contribution in [0.1, 0.15) is 12.8 Å². The van der Waals surface area contributed by atoms with E-state index in [0.29, 0.717) is 61.7 Å². The molecule has 0 saturated carbocycles. The van der Waals surface area contributed by atoms with E-state index in [1.165, 1.54) is 33.7 Å². The van der Waals surface area contributed by atoms with Crippen LogP contribution in [0.4, 0.5) is 5.13 Å². The van der Waals surface area contributed by atoms with Crippen LogP contribution in [0.15, 0.2) is 4.34 Å². The number of amides is 2. The van der Waals surface area contributed by atoms with Crippen molar-refractivity contribution in [3.8, 4) is 0 Å². The monoisotopic (exact) mass is 449 g/mol. The Balaban J connectivity index is 1.44. The van der Waals surface area contributed by atoms with E-state index in [1.807, 2.05) is 0 Å². The molecular weight excluding hydrogens is 426 g/mol. The maximum atomic E-state index is 12.4. The Bertz CT molecular complexity index is 801. The van der Waals surface area contributed by atoms with Gasteiger partial charge in [-0.2, -0.15) is 0 Å². The number of sulfonamides is 1. The van der Waals surface area contributed by atoms with Crippen molar-refractivity contribution in [2.24, 2.45) is 5.92 Å². The number of morpholine rings is 1. The average Bonchev–Trinajstić information content (AvgIpc) is 3.13. The van der Waals surface area contributed by atoms with Gasteiger partial charge >= 0.3 is 0 Å². The molecule has 2 aliphatic heterocycles. The zero-order chi connectivity index (χ0) is 20.1. The lowest BCUT2D eigenvalue weighted by molar-refractivity contribution is -0.132. The fourth-order valence-electron chi connectivity index (χ4n) is 3.00. The van der Waals surface area contributed by atoms with E-state index in [1.54, 1.807) is 4.90 Å². The summed E-state index contributed by atoms with van der Waals surface area (Å²) in [6.45, 7) is 3.03. The number of hydrogen-bond acceptors (Lipinski definition) is 9. The molecule has 0 unspecified atom stereocenters. The number of ether oxygens (including phenoxy) is 1. The van der Waals surface area contributed by atoms with E-state index in [2.05, 4.69) is 15.5 Å². The molecule has 156 valence electrons. The third-order valence-corrected chi connectivity index (χ3v) is 7.87. The fourth-order valence-corrected chi connectivity index (χ4v) is 5.54. The van der Waals surface area contributed by atoms with Crippen molar-refractivity contribution in [1.29, 1.82) is 0 Å². The van der Waals surface area contributed by atoms with Gasteiger partial charge in [-0.25, -0.2) is 12.7 Å². The number of carbonyl (C=O) groups is 2. The Hall–Kier alpha value is -1.28. The predicted octanol–water partition coefficient (Wildman–Crippen LogP) is 0.0991. The maximum absolute atomic E-state index is 12.4. The SMILES string of the molecule is CS(=O)(=O)N1CCC(C(=O)Nc2nnc(SCC(=O)N3CCOCC3)s2)CC1. The highest BCUT2D eigenvalue weighted by Crippen LogP contribution is 2.27. The molecule has 2 fully saturated rings. The number of rotatable bonds is 6. The molecule has 2 saturated heterocycles. The Morgan fingerprint density at radius 1 is 1.21 bits per heavy atom. The van der Waals surface area contributed by atoms with Crippen LogP contribution < -0.4 is 5.32 Å². The largest absolute Gasteiger partial charge is 0.378 e. The number of carbonyl (C=O) groups excluding carboxylic acids is 2. The Labute approximate surface area is 172 Å². The van der Waals surface area contributed by atoms with E-state index in [4.69, 9.17) is 4.74 Å². The molecule has 28 heavy (non-hydrogen) atoms. The van der Waals surface area contributed by atoms with Crippen molar-refractivity contribution in [3.63, 3.8) is 0 Å². The first-order chi connectivity index (χ1) is 13.3. The Kier molecular flexibility index (Phi) is 7.25. The van der Waals surface area contributed by atoms with Gasteiger partial charge in [0.15, 0.2) is 4.34 Å². The molecule has 3 rings (SSSR count). The van der Waals surface area contributed by atoms with Crippen LogP contribution in [0.2, 0.25) is 0 Å². The molecule has 1 aromatic heterocycles. The van der Waals surface area contributed by atoms with Crippen molar-refractivity contribution in [2.45, 2.75) is 17.2 Å². The molecule has 1 aromatic rings. The van der Waals surface area contributed by atoms with Gasteiger partial charge in [0.05, 0.1) is 25.2 Å². The first-order valence-corrected chi connectivity index (χ1v) is 12.6. The molecule has 10 nitrogen and oxygen atoms in total. The molecule has 0 aromatic carbocycles. The van der Waals surface area contributed by atoms with Crippen LogP contribution >= 0.6 is 23.1 Å². The number of nitrogens with one attached hydrogen (secondary N) is 1. The van der Waals surface area contributed by atoms with Crippen molar-refractivity contribution in [2.75, 3.05) is 56.7 Å². The minimum Gasteiger partial charge on any atom is -0.378 e. The standard InChI is InChI=1S/C15H23N5O5S3/c1-28(23,24)20-4-2-11(3-5-20)13(22)16-14-17-18-15(27-14)26-10-12(21)19-6-8-25-9-7-19/h11H,2-10H2,1H3,(H,16,17,22). The Morgan fingerprint density at radius 2 is 1.89 bits per heavy atom. The van der Waals surface area contributed by atoms with Crippen LogP contribution in [0.5, 0.6) is 0 Å². The summed E-state index contributed by atoms with van der Waals surface area (Å²) in [5.74, 6) is -0.120. The molecule has 2 aliphatic rings. The van der Waals surface area contributed by atoms with Gasteiger partial charge in [0.2, 0.25) is 27.0 Å². The summed E-state index contributed by atoms with van der Waals surface area (Å²) in [4.78, 5) is 26.3. The maximum Gasteiger partial charge on any atom is 0.233 e. The van der Waals surface area contributed by atoms with Crippen LogP contribution in [-0.4, -0.2) is 91.0 Å². The van der Waals surface area contributed by atoms with E-state index >= 15 is 0 Å². The van der Waals surface area contributed by atoms with Crippen molar-refractivity contribution in [1.82, 2.24) is 19.4 Å². The smallest absolute Gasteiger partial charge is 0.233 e. The number of piperidine rings is 1. The molecule has 0 bridgehead atoms. The second kappa shape index (κ2) is 9.48. The van der Waals surface area contributed by atoms with Crippen molar-refractivity contribution < 1.29 is 22.7 Å². The number of thioether (sulfide) groups is 1. The van der Waals surface area contributed by atoms with Crippen LogP contribution in [-0.2, 0) is 24.3 Å². The highest BCUT2D eigenvalue weighted by Gasteiger charge is 2.29. The second-order valence-electron chi connectivity index (χ2n) is 6.58. The topological polar surface area (TPSA) is 122 Å². The van der Waals surface area contributed by atoms with Gasteiger partial charge in [-0.1, -0.05) is 23.1 Å². The minimum absolute atomic E-state index is 0.0340. The van der Waals surface area contributed by atoms with E-state index in [0.717, 1.165) is 0 Å². The van der Waals surface area contributed by atoms with Gasteiger partial charge in [0.25, 0.3) is 0 Å². The summed E-state index contributed by atoms with van der Waals surface area (Å²) in [7, 11) is -3.21. The molecule has 0 spiro atoms. The lowest BCUT2D eigenvalue weighted by atomic mass is 9.97. The molecule has 0 aliphatic carbocycles. The van der Waals surface area contributed by atoms with Crippen LogP contribution in [0.3, 0.4) is 0 Å². The first kappa shape index (κ1) is 21.4. The zero-order valence-corrected chi connectivity index (χ0v) is 17.9. The molecule has 13 heteroatoms. The van der Waals surface area contributed by atoms with E-state index < -0.39 is 10.0 Å². The first-order valence-electron chi connectivity index (χ1n) is 8.91. The molecule has 0 radical (unpaired) electrons. The van der Waals surface area contributed by atoms with Crippen molar-refractivity contribution in [3.05, 3.63) is 0 Å². The number of hydrogen-bond donors (Lipinski definition) is 1. The van der Waals surface area contributed by atoms with Gasteiger partial charge in [-0.15, -0.1) is 10.2 Å². The number of nitrogens with zero attached hydrogens (tertiary/aromatic N) is 4. The molecule has 1 N–H and O–H groups in total. The second-order valence-corrected chi connectivity index (χ2v) is 10.8. The third-order valence-electron chi connectivity index (χ3n) is 4.61. The van der Waals surface area contributed by atoms with Crippen LogP contribution in [0.25, 0.3) is 0 Å². The van der Waals surface area contributed by atoms with Gasteiger partial charge in [0.1, 0.15) is 0 Å². The average molecular weight is 450 g/mol. The summed E-state index contributed by atoms with van der Waals surface area (Å²) in [5.41, 5.74) is 0. The summed E-state index contributed by atoms with van der Waals surface area (Å²) < 4.78 is 30.3. The van der Waals surface area contributed by atoms with Crippen molar-refractivity contribution >= 4 is 50.1 Å². The third kappa shape index (κ3) is 5.86. The Morgan fingerprint density at radius 3 is 2.54 bits per heavy atom. The fraction of sp³-hybridized carbons (Fsp3) is 0.733. The summed E-state index contributed by atoms with van der Waals surface area (Å²) >= 11 is 2.52. The highest BCUT2D eigenvalue weighted by atomic mass is 32.2. The van der Waals surface area contributed by atoms with Gasteiger partial charge < -0.3 is 15.0 Å². The summed E-state index contributed by atoms with van der Waals surface area (Å²) in [5, 5.41) is 11.1. The molecule has 3 heterocycles. The summed E-state index contributed by atoms with van der Waals surface area (Å²) in [6.07, 6.45) is 2.14. The highest BCUT2D eigenvalue weighted by molar-refractivity contribution is 8.01. The van der Waals surface area contributed by atoms with Gasteiger partial charge in [-0.05, 0) is 12.8 Å². The van der Waals surface area contributed by atoms with E-state index in [-0.39, 0.29) is 23.5 Å². The number of anilines is 1. The predicted molar refractivity (Wildman–Crippen MR) is 106 cm³/mol. The quantitative estimate of drug-likeness (QED) is 0.479. The molecule has 0 atom stereocenters. The van der Waals surface area contributed by atoms with Gasteiger partial charge in [-0.3, -0.25) is 9.59 Å². The molecule has 2 amide bonds. The zero-order valence-electron chi connectivity index (χ0n) is 15.5. The molecular formula is C15H23N5O5S3. The number of aromatic nitrogens is 2.